The van der Waals surface area contributed by atoms with Crippen molar-refractivity contribution in [2.45, 2.75) is 19.4 Å². The first-order valence-corrected chi connectivity index (χ1v) is 6.70. The van der Waals surface area contributed by atoms with E-state index in [1.807, 2.05) is 18.2 Å². The second-order valence-corrected chi connectivity index (χ2v) is 5.67. The number of halogens is 2. The lowest BCUT2D eigenvalue weighted by molar-refractivity contribution is 0.203. The molecule has 5 heteroatoms. The molecule has 2 nitrogen and oxygen atoms in total. The number of thiazole rings is 1. The Morgan fingerprint density at radius 2 is 2.00 bits per heavy atom. The van der Waals surface area contributed by atoms with Crippen LogP contribution in [0, 0.1) is 0 Å². The van der Waals surface area contributed by atoms with Gasteiger partial charge < -0.3 is 5.11 Å². The van der Waals surface area contributed by atoms with Gasteiger partial charge in [-0.05, 0) is 24.6 Å². The van der Waals surface area contributed by atoms with Crippen LogP contribution < -0.4 is 0 Å². The molecule has 2 aromatic rings. The highest BCUT2D eigenvalue weighted by Crippen LogP contribution is 2.29. The standard InChI is InChI=1S/C12H11Cl2NOS/c1-7(16)11-6-15-12(17-11)5-8-9(13)3-2-4-10(8)14/h2-4,6-7,16H,5H2,1H3. The summed E-state index contributed by atoms with van der Waals surface area (Å²) in [4.78, 5) is 5.11. The highest BCUT2D eigenvalue weighted by Gasteiger charge is 2.11. The third-order valence-corrected chi connectivity index (χ3v) is 4.25. The van der Waals surface area contributed by atoms with Gasteiger partial charge in [-0.1, -0.05) is 29.3 Å². The van der Waals surface area contributed by atoms with Gasteiger partial charge in [0.2, 0.25) is 0 Å². The normalized spacial score (nSPS) is 12.7. The third kappa shape index (κ3) is 2.99. The Hall–Kier alpha value is -0.610. The molecule has 1 heterocycles. The summed E-state index contributed by atoms with van der Waals surface area (Å²) in [5, 5.41) is 11.6. The predicted octanol–water partition coefficient (Wildman–Crippen LogP) is 4.09. The number of aromatic nitrogens is 1. The Kier molecular flexibility index (Phi) is 4.05. The molecule has 17 heavy (non-hydrogen) atoms. The monoisotopic (exact) mass is 287 g/mol. The van der Waals surface area contributed by atoms with E-state index in [4.69, 9.17) is 23.2 Å². The van der Waals surface area contributed by atoms with Crippen molar-refractivity contribution in [3.63, 3.8) is 0 Å². The largest absolute Gasteiger partial charge is 0.388 e. The zero-order valence-electron chi connectivity index (χ0n) is 9.15. The van der Waals surface area contributed by atoms with Gasteiger partial charge in [0.05, 0.1) is 16.0 Å². The van der Waals surface area contributed by atoms with Crippen LogP contribution in [0.15, 0.2) is 24.4 Å². The zero-order chi connectivity index (χ0) is 12.4. The summed E-state index contributed by atoms with van der Waals surface area (Å²) in [6.07, 6.45) is 1.80. The highest BCUT2D eigenvalue weighted by molar-refractivity contribution is 7.11. The van der Waals surface area contributed by atoms with Crippen molar-refractivity contribution >= 4 is 34.5 Å². The predicted molar refractivity (Wildman–Crippen MR) is 72.0 cm³/mol. The van der Waals surface area contributed by atoms with E-state index in [9.17, 15) is 5.11 Å². The Balaban J connectivity index is 2.25. The quantitative estimate of drug-likeness (QED) is 0.922. The first kappa shape index (κ1) is 12.8. The molecule has 1 N–H and O–H groups in total. The molecular formula is C12H11Cl2NOS. The van der Waals surface area contributed by atoms with E-state index < -0.39 is 6.10 Å². The lowest BCUT2D eigenvalue weighted by Gasteiger charge is -2.04. The minimum absolute atomic E-state index is 0.483. The van der Waals surface area contributed by atoms with E-state index in [2.05, 4.69) is 4.98 Å². The minimum atomic E-state index is -0.483. The topological polar surface area (TPSA) is 33.1 Å². The maximum Gasteiger partial charge on any atom is 0.0973 e. The maximum absolute atomic E-state index is 9.43. The Bertz CT molecular complexity index is 505. The van der Waals surface area contributed by atoms with E-state index in [0.717, 1.165) is 15.4 Å². The molecule has 1 aromatic carbocycles. The molecule has 0 aliphatic carbocycles. The van der Waals surface area contributed by atoms with Crippen molar-refractivity contribution in [3.8, 4) is 0 Å². The summed E-state index contributed by atoms with van der Waals surface area (Å²) >= 11 is 13.7. The summed E-state index contributed by atoms with van der Waals surface area (Å²) < 4.78 is 0. The number of hydrogen-bond acceptors (Lipinski definition) is 3. The average Bonchev–Trinajstić information content (AvgIpc) is 2.72. The van der Waals surface area contributed by atoms with Crippen molar-refractivity contribution in [1.29, 1.82) is 0 Å². The van der Waals surface area contributed by atoms with Gasteiger partial charge in [-0.2, -0.15) is 0 Å². The zero-order valence-corrected chi connectivity index (χ0v) is 11.5. The van der Waals surface area contributed by atoms with Crippen molar-refractivity contribution in [2.24, 2.45) is 0 Å². The smallest absolute Gasteiger partial charge is 0.0973 e. The van der Waals surface area contributed by atoms with Crippen LogP contribution in [0.4, 0.5) is 0 Å². The SMILES string of the molecule is CC(O)c1cnc(Cc2c(Cl)cccc2Cl)s1. The molecule has 2 rings (SSSR count). The number of rotatable bonds is 3. The van der Waals surface area contributed by atoms with E-state index in [-0.39, 0.29) is 0 Å². The summed E-state index contributed by atoms with van der Waals surface area (Å²) in [5.74, 6) is 0. The number of benzene rings is 1. The average molecular weight is 288 g/mol. The molecule has 0 aliphatic rings. The molecule has 90 valence electrons. The van der Waals surface area contributed by atoms with Gasteiger partial charge in [0.1, 0.15) is 0 Å². The number of aliphatic hydroxyl groups is 1. The van der Waals surface area contributed by atoms with Gasteiger partial charge >= 0.3 is 0 Å². The highest BCUT2D eigenvalue weighted by atomic mass is 35.5. The molecule has 1 unspecified atom stereocenters. The second-order valence-electron chi connectivity index (χ2n) is 3.71. The fourth-order valence-corrected chi connectivity index (χ4v) is 2.85. The molecule has 0 radical (unpaired) electrons. The van der Waals surface area contributed by atoms with Gasteiger partial charge in [0.15, 0.2) is 0 Å². The molecule has 0 amide bonds. The molecule has 0 fully saturated rings. The molecule has 0 bridgehead atoms. The molecule has 1 aromatic heterocycles. The van der Waals surface area contributed by atoms with Gasteiger partial charge in [-0.25, -0.2) is 4.98 Å². The lowest BCUT2D eigenvalue weighted by Crippen LogP contribution is -1.89. The van der Waals surface area contributed by atoms with Crippen molar-refractivity contribution in [2.75, 3.05) is 0 Å². The Labute approximate surface area is 114 Å². The first-order valence-electron chi connectivity index (χ1n) is 5.13. The summed E-state index contributed by atoms with van der Waals surface area (Å²) in [6, 6.07) is 5.44. The molecule has 0 aliphatic heterocycles. The number of hydrogen-bond donors (Lipinski definition) is 1. The van der Waals surface area contributed by atoms with E-state index in [1.54, 1.807) is 13.1 Å². The fraction of sp³-hybridized carbons (Fsp3) is 0.250. The second kappa shape index (κ2) is 5.36. The van der Waals surface area contributed by atoms with Crippen molar-refractivity contribution in [3.05, 3.63) is 49.9 Å². The van der Waals surface area contributed by atoms with Crippen LogP contribution in [0.25, 0.3) is 0 Å². The van der Waals surface area contributed by atoms with Crippen LogP contribution in [0.1, 0.15) is 28.5 Å². The summed E-state index contributed by atoms with van der Waals surface area (Å²) in [7, 11) is 0. The maximum atomic E-state index is 9.43. The van der Waals surface area contributed by atoms with E-state index in [0.29, 0.717) is 16.5 Å². The van der Waals surface area contributed by atoms with Crippen LogP contribution in [0.5, 0.6) is 0 Å². The summed E-state index contributed by atoms with van der Waals surface area (Å²) in [5.41, 5.74) is 0.877. The molecule has 0 saturated carbocycles. The van der Waals surface area contributed by atoms with Crippen LogP contribution >= 0.6 is 34.5 Å². The molecule has 1 atom stereocenters. The first-order chi connectivity index (χ1) is 8.08. The fourth-order valence-electron chi connectivity index (χ4n) is 1.45. The molecule has 0 saturated heterocycles. The van der Waals surface area contributed by atoms with Gasteiger partial charge in [0, 0.05) is 22.7 Å². The third-order valence-electron chi connectivity index (χ3n) is 2.37. The van der Waals surface area contributed by atoms with Gasteiger partial charge in [-0.15, -0.1) is 11.3 Å². The summed E-state index contributed by atoms with van der Waals surface area (Å²) in [6.45, 7) is 1.72. The number of aliphatic hydroxyl groups excluding tert-OH is 1. The van der Waals surface area contributed by atoms with E-state index >= 15 is 0 Å². The Morgan fingerprint density at radius 1 is 1.35 bits per heavy atom. The van der Waals surface area contributed by atoms with E-state index in [1.165, 1.54) is 11.3 Å². The van der Waals surface area contributed by atoms with Crippen LogP contribution in [-0.2, 0) is 6.42 Å². The minimum Gasteiger partial charge on any atom is -0.388 e. The lowest BCUT2D eigenvalue weighted by atomic mass is 10.1. The Morgan fingerprint density at radius 3 is 2.53 bits per heavy atom. The van der Waals surface area contributed by atoms with Crippen molar-refractivity contribution < 1.29 is 5.11 Å². The van der Waals surface area contributed by atoms with Crippen molar-refractivity contribution in [1.82, 2.24) is 4.98 Å². The van der Waals surface area contributed by atoms with Gasteiger partial charge in [-0.3, -0.25) is 0 Å². The van der Waals surface area contributed by atoms with Crippen LogP contribution in [0.3, 0.4) is 0 Å². The van der Waals surface area contributed by atoms with Gasteiger partial charge in [0.25, 0.3) is 0 Å². The number of nitrogens with zero attached hydrogens (tertiary/aromatic N) is 1. The van der Waals surface area contributed by atoms with Crippen LogP contribution in [-0.4, -0.2) is 10.1 Å². The van der Waals surface area contributed by atoms with Crippen LogP contribution in [0.2, 0.25) is 10.0 Å². The molecule has 0 spiro atoms. The molecular weight excluding hydrogens is 277 g/mol.